The lowest BCUT2D eigenvalue weighted by atomic mass is 9.80. The number of phenols is 1. The van der Waals surface area contributed by atoms with Crippen LogP contribution in [0, 0.1) is 18.8 Å². The molecule has 2 saturated carbocycles. The molecule has 1 N–H and O–H groups in total. The first-order valence-electron chi connectivity index (χ1n) is 10.9. The molecular weight excluding hydrogens is 358 g/mol. The fourth-order valence-corrected chi connectivity index (χ4v) is 5.80. The van der Waals surface area contributed by atoms with E-state index in [0.717, 1.165) is 45.2 Å². The van der Waals surface area contributed by atoms with Crippen molar-refractivity contribution in [2.75, 3.05) is 11.9 Å². The zero-order valence-electron chi connectivity index (χ0n) is 17.3. The van der Waals surface area contributed by atoms with E-state index in [9.17, 15) is 5.11 Å². The Kier molecular flexibility index (Phi) is 4.65. The number of aryl methyl sites for hydroxylation is 1. The molecule has 2 fully saturated rings. The molecule has 150 valence electrons. The maximum atomic E-state index is 9.79. The summed E-state index contributed by atoms with van der Waals surface area (Å²) in [6.45, 7) is 2.01. The third kappa shape index (κ3) is 3.15. The number of hydrogen-bond acceptors (Lipinski definition) is 4. The summed E-state index contributed by atoms with van der Waals surface area (Å²) in [6.07, 6.45) is 8.16. The van der Waals surface area contributed by atoms with E-state index < -0.39 is 0 Å². The van der Waals surface area contributed by atoms with Crippen LogP contribution in [-0.4, -0.2) is 28.4 Å². The average Bonchev–Trinajstić information content (AvgIpc) is 3.17. The minimum absolute atomic E-state index is 0.281. The molecule has 2 aliphatic rings. The molecule has 2 unspecified atom stereocenters. The molecule has 0 bridgehead atoms. The summed E-state index contributed by atoms with van der Waals surface area (Å²) in [5.41, 5.74) is 2.91. The van der Waals surface area contributed by atoms with Gasteiger partial charge in [-0.05, 0) is 61.8 Å². The van der Waals surface area contributed by atoms with Crippen molar-refractivity contribution >= 4 is 16.6 Å². The molecule has 3 aromatic rings. The summed E-state index contributed by atoms with van der Waals surface area (Å²) >= 11 is 0. The molecule has 2 aliphatic carbocycles. The summed E-state index contributed by atoms with van der Waals surface area (Å²) in [6, 6.07) is 14.5. The molecule has 3 atom stereocenters. The van der Waals surface area contributed by atoms with Crippen LogP contribution in [0.15, 0.2) is 42.5 Å². The van der Waals surface area contributed by atoms with Gasteiger partial charge in [0.15, 0.2) is 5.82 Å². The van der Waals surface area contributed by atoms with Gasteiger partial charge in [0.1, 0.15) is 11.4 Å². The largest absolute Gasteiger partial charge is 0.508 e. The maximum Gasteiger partial charge on any atom is 0.159 e. The van der Waals surface area contributed by atoms with E-state index in [1.165, 1.54) is 38.5 Å². The second kappa shape index (κ2) is 7.33. The van der Waals surface area contributed by atoms with Crippen LogP contribution in [0.2, 0.25) is 0 Å². The van der Waals surface area contributed by atoms with Crippen molar-refractivity contribution in [1.82, 2.24) is 10.2 Å². The van der Waals surface area contributed by atoms with Gasteiger partial charge in [-0.15, -0.1) is 10.2 Å². The Labute approximate surface area is 172 Å². The minimum atomic E-state index is 0.281. The number of aromatic hydroxyl groups is 1. The van der Waals surface area contributed by atoms with E-state index in [1.54, 1.807) is 12.1 Å². The van der Waals surface area contributed by atoms with Gasteiger partial charge in [0.05, 0.1) is 0 Å². The normalized spacial score (nSPS) is 23.9. The van der Waals surface area contributed by atoms with Gasteiger partial charge in [0, 0.05) is 29.4 Å². The van der Waals surface area contributed by atoms with E-state index in [1.807, 2.05) is 13.0 Å². The Morgan fingerprint density at radius 2 is 1.72 bits per heavy atom. The molecule has 2 aromatic carbocycles. The van der Waals surface area contributed by atoms with Gasteiger partial charge in [-0.2, -0.15) is 0 Å². The molecular formula is C25H29N3O. The zero-order valence-corrected chi connectivity index (χ0v) is 17.3. The van der Waals surface area contributed by atoms with Gasteiger partial charge in [-0.1, -0.05) is 43.5 Å². The zero-order chi connectivity index (χ0) is 20.0. The fraction of sp³-hybridized carbons (Fsp3) is 0.440. The first-order valence-corrected chi connectivity index (χ1v) is 10.9. The van der Waals surface area contributed by atoms with E-state index >= 15 is 0 Å². The number of rotatable bonds is 3. The highest BCUT2D eigenvalue weighted by atomic mass is 16.3. The Morgan fingerprint density at radius 1 is 0.931 bits per heavy atom. The molecule has 5 rings (SSSR count). The molecule has 1 aromatic heterocycles. The number of anilines is 1. The van der Waals surface area contributed by atoms with Crippen molar-refractivity contribution in [2.24, 2.45) is 11.8 Å². The fourth-order valence-electron chi connectivity index (χ4n) is 5.80. The first kappa shape index (κ1) is 18.4. The van der Waals surface area contributed by atoms with Crippen LogP contribution in [0.4, 0.5) is 5.82 Å². The molecule has 29 heavy (non-hydrogen) atoms. The lowest BCUT2D eigenvalue weighted by molar-refractivity contribution is 0.257. The maximum absolute atomic E-state index is 9.79. The molecule has 1 heterocycles. The Morgan fingerprint density at radius 3 is 2.55 bits per heavy atom. The minimum Gasteiger partial charge on any atom is -0.508 e. The van der Waals surface area contributed by atoms with Crippen molar-refractivity contribution in [3.8, 4) is 17.0 Å². The molecule has 0 radical (unpaired) electrons. The highest BCUT2D eigenvalue weighted by molar-refractivity contribution is 6.00. The monoisotopic (exact) mass is 387 g/mol. The smallest absolute Gasteiger partial charge is 0.159 e. The van der Waals surface area contributed by atoms with Crippen LogP contribution in [0.5, 0.6) is 5.75 Å². The molecule has 0 aliphatic heterocycles. The van der Waals surface area contributed by atoms with Gasteiger partial charge >= 0.3 is 0 Å². The highest BCUT2D eigenvalue weighted by Crippen LogP contribution is 2.45. The number of phenolic OH excluding ortho intramolecular Hbond substituents is 1. The van der Waals surface area contributed by atoms with Crippen molar-refractivity contribution in [1.29, 1.82) is 0 Å². The van der Waals surface area contributed by atoms with Gasteiger partial charge in [0.25, 0.3) is 0 Å². The Balaban J connectivity index is 1.58. The van der Waals surface area contributed by atoms with E-state index in [2.05, 4.69) is 36.2 Å². The van der Waals surface area contributed by atoms with Gasteiger partial charge < -0.3 is 10.0 Å². The van der Waals surface area contributed by atoms with E-state index in [0.29, 0.717) is 6.04 Å². The second-order valence-electron chi connectivity index (χ2n) is 8.88. The summed E-state index contributed by atoms with van der Waals surface area (Å²) in [4.78, 5) is 2.42. The summed E-state index contributed by atoms with van der Waals surface area (Å²) in [5.74, 6) is 2.97. The van der Waals surface area contributed by atoms with Crippen LogP contribution in [0.1, 0.15) is 44.1 Å². The quantitative estimate of drug-likeness (QED) is 0.625. The first-order chi connectivity index (χ1) is 14.1. The topological polar surface area (TPSA) is 49.3 Å². The SMILES string of the molecule is Cc1cc(O)ccc1-c1nnc(N(C)C2CCC3CCCC[C@H]32)c2ccccc12. The molecule has 0 saturated heterocycles. The summed E-state index contributed by atoms with van der Waals surface area (Å²) < 4.78 is 0. The third-order valence-electron chi connectivity index (χ3n) is 7.26. The van der Waals surface area contributed by atoms with E-state index in [-0.39, 0.29) is 5.75 Å². The number of fused-ring (bicyclic) bond motifs is 2. The van der Waals surface area contributed by atoms with Gasteiger partial charge in [-0.25, -0.2) is 0 Å². The number of hydrogen-bond donors (Lipinski definition) is 1. The van der Waals surface area contributed by atoms with Crippen molar-refractivity contribution in [3.63, 3.8) is 0 Å². The van der Waals surface area contributed by atoms with Gasteiger partial charge in [0.2, 0.25) is 0 Å². The van der Waals surface area contributed by atoms with Crippen LogP contribution in [0.25, 0.3) is 22.0 Å². The van der Waals surface area contributed by atoms with Crippen LogP contribution in [0.3, 0.4) is 0 Å². The van der Waals surface area contributed by atoms with Crippen LogP contribution < -0.4 is 4.90 Å². The number of benzene rings is 2. The summed E-state index contributed by atoms with van der Waals surface area (Å²) in [7, 11) is 2.21. The molecule has 4 nitrogen and oxygen atoms in total. The highest BCUT2D eigenvalue weighted by Gasteiger charge is 2.40. The second-order valence-corrected chi connectivity index (χ2v) is 8.88. The Hall–Kier alpha value is -2.62. The van der Waals surface area contributed by atoms with Crippen LogP contribution in [-0.2, 0) is 0 Å². The Bertz CT molecular complexity index is 1050. The molecule has 0 spiro atoms. The van der Waals surface area contributed by atoms with Crippen LogP contribution >= 0.6 is 0 Å². The number of aromatic nitrogens is 2. The van der Waals surface area contributed by atoms with E-state index in [4.69, 9.17) is 10.2 Å². The number of nitrogens with zero attached hydrogens (tertiary/aromatic N) is 3. The van der Waals surface area contributed by atoms with Crippen molar-refractivity contribution in [3.05, 3.63) is 48.0 Å². The predicted molar refractivity (Wildman–Crippen MR) is 118 cm³/mol. The average molecular weight is 388 g/mol. The predicted octanol–water partition coefficient (Wildman–Crippen LogP) is 5.72. The lowest BCUT2D eigenvalue weighted by Crippen LogP contribution is -2.38. The van der Waals surface area contributed by atoms with Crippen molar-refractivity contribution < 1.29 is 5.11 Å². The van der Waals surface area contributed by atoms with Gasteiger partial charge in [-0.3, -0.25) is 0 Å². The third-order valence-corrected chi connectivity index (χ3v) is 7.26. The molecule has 0 amide bonds. The summed E-state index contributed by atoms with van der Waals surface area (Å²) in [5, 5.41) is 21.5. The molecule has 4 heteroatoms. The van der Waals surface area contributed by atoms with Crippen molar-refractivity contribution in [2.45, 2.75) is 51.5 Å². The lowest BCUT2D eigenvalue weighted by Gasteiger charge is -2.35. The standard InChI is InChI=1S/C25H29N3O/c1-16-15-18(29)12-13-19(16)24-21-9-5-6-10-22(21)25(27-26-24)28(2)23-14-11-17-7-3-4-8-20(17)23/h5-6,9-10,12-13,15,17,20,23,29H,3-4,7-8,11,14H2,1-2H3/t17?,20-,23?/m1/s1.